The first-order valence-corrected chi connectivity index (χ1v) is 5.65. The molecule has 1 aliphatic heterocycles. The van der Waals surface area contributed by atoms with Gasteiger partial charge < -0.3 is 9.47 Å². The van der Waals surface area contributed by atoms with Crippen LogP contribution in [0.25, 0.3) is 0 Å². The van der Waals surface area contributed by atoms with Gasteiger partial charge in [0.15, 0.2) is 11.5 Å². The largest absolute Gasteiger partial charge is 0.423 e. The zero-order chi connectivity index (χ0) is 11.3. The Hall–Kier alpha value is 0.270. The topological polar surface area (TPSA) is 18.5 Å². The fraction of sp³-hybridized carbons (Fsp3) is 0.250. The number of ether oxygens (including phenoxy) is 2. The SMILES string of the molecule is ClC1(Cl)Oc2cccc(C(Cl)(Cl)Cl)c2O1. The molecule has 0 N–H and O–H groups in total. The fourth-order valence-corrected chi connectivity index (χ4v) is 1.96. The maximum Gasteiger partial charge on any atom is 0.419 e. The highest BCUT2D eigenvalue weighted by Gasteiger charge is 2.42. The number of hydrogen-bond acceptors (Lipinski definition) is 2. The molecule has 0 atom stereocenters. The predicted molar refractivity (Wildman–Crippen MR) is 61.4 cm³/mol. The van der Waals surface area contributed by atoms with Crippen molar-refractivity contribution in [1.82, 2.24) is 0 Å². The van der Waals surface area contributed by atoms with Crippen LogP contribution in [-0.4, -0.2) is 4.71 Å². The van der Waals surface area contributed by atoms with E-state index in [2.05, 4.69) is 0 Å². The molecule has 0 saturated heterocycles. The maximum absolute atomic E-state index is 5.74. The van der Waals surface area contributed by atoms with Crippen molar-refractivity contribution in [3.63, 3.8) is 0 Å². The van der Waals surface area contributed by atoms with E-state index in [0.29, 0.717) is 11.3 Å². The Morgan fingerprint density at radius 1 is 1.07 bits per heavy atom. The molecule has 0 aliphatic carbocycles. The van der Waals surface area contributed by atoms with Crippen molar-refractivity contribution in [2.75, 3.05) is 0 Å². The molecule has 0 unspecified atom stereocenters. The molecular weight excluding hydrogens is 305 g/mol. The standard InChI is InChI=1S/C8H3Cl5O2/c9-7(10,11)4-2-1-3-5-6(4)15-8(12,13)14-5/h1-3H. The van der Waals surface area contributed by atoms with E-state index in [0.717, 1.165) is 0 Å². The van der Waals surface area contributed by atoms with Crippen molar-refractivity contribution in [2.45, 2.75) is 8.50 Å². The summed E-state index contributed by atoms with van der Waals surface area (Å²) in [6.07, 6.45) is 0. The van der Waals surface area contributed by atoms with Gasteiger partial charge >= 0.3 is 4.71 Å². The third-order valence-electron chi connectivity index (χ3n) is 1.73. The van der Waals surface area contributed by atoms with Crippen molar-refractivity contribution < 1.29 is 9.47 Å². The monoisotopic (exact) mass is 306 g/mol. The molecule has 2 rings (SSSR count). The van der Waals surface area contributed by atoms with E-state index in [-0.39, 0.29) is 5.75 Å². The van der Waals surface area contributed by atoms with E-state index in [1.165, 1.54) is 0 Å². The molecule has 0 fully saturated rings. The molecule has 0 radical (unpaired) electrons. The van der Waals surface area contributed by atoms with Crippen LogP contribution in [-0.2, 0) is 3.79 Å². The number of halogens is 5. The molecule has 1 heterocycles. The van der Waals surface area contributed by atoms with Gasteiger partial charge in [0.25, 0.3) is 0 Å². The quantitative estimate of drug-likeness (QED) is 0.662. The molecule has 0 aromatic heterocycles. The summed E-state index contributed by atoms with van der Waals surface area (Å²) in [6, 6.07) is 4.85. The minimum Gasteiger partial charge on any atom is -0.423 e. The summed E-state index contributed by atoms with van der Waals surface area (Å²) in [5.74, 6) is 0.575. The Balaban J connectivity index is 2.51. The van der Waals surface area contributed by atoms with Gasteiger partial charge in [-0.1, -0.05) is 46.9 Å². The smallest absolute Gasteiger partial charge is 0.419 e. The van der Waals surface area contributed by atoms with Crippen molar-refractivity contribution in [3.8, 4) is 11.5 Å². The van der Waals surface area contributed by atoms with Crippen LogP contribution in [0.15, 0.2) is 18.2 Å². The molecule has 7 heteroatoms. The molecule has 1 aliphatic rings. The Morgan fingerprint density at radius 3 is 2.33 bits per heavy atom. The average molecular weight is 308 g/mol. The first kappa shape index (κ1) is 11.7. The number of alkyl halides is 5. The lowest BCUT2D eigenvalue weighted by atomic mass is 10.2. The lowest BCUT2D eigenvalue weighted by molar-refractivity contribution is 0.0844. The van der Waals surface area contributed by atoms with E-state index in [1.807, 2.05) is 0 Å². The Bertz CT molecular complexity index is 399. The molecule has 82 valence electrons. The van der Waals surface area contributed by atoms with Gasteiger partial charge in [-0.05, 0) is 29.3 Å². The van der Waals surface area contributed by atoms with Crippen molar-refractivity contribution in [3.05, 3.63) is 23.8 Å². The molecular formula is C8H3Cl5O2. The van der Waals surface area contributed by atoms with Gasteiger partial charge in [-0.25, -0.2) is 0 Å². The Labute approximate surface area is 111 Å². The first-order chi connectivity index (χ1) is 6.80. The van der Waals surface area contributed by atoms with Gasteiger partial charge in [-0.15, -0.1) is 0 Å². The van der Waals surface area contributed by atoms with E-state index >= 15 is 0 Å². The highest BCUT2D eigenvalue weighted by atomic mass is 35.6. The van der Waals surface area contributed by atoms with Crippen molar-refractivity contribution >= 4 is 58.0 Å². The van der Waals surface area contributed by atoms with Gasteiger partial charge in [0, 0.05) is 5.56 Å². The molecule has 0 amide bonds. The Morgan fingerprint density at radius 2 is 1.73 bits per heavy atom. The normalized spacial score (nSPS) is 17.9. The van der Waals surface area contributed by atoms with Gasteiger partial charge in [-0.2, -0.15) is 0 Å². The number of fused-ring (bicyclic) bond motifs is 1. The summed E-state index contributed by atoms with van der Waals surface area (Å²) in [6.45, 7) is 0. The van der Waals surface area contributed by atoms with Crippen LogP contribution >= 0.6 is 58.0 Å². The van der Waals surface area contributed by atoms with Crippen LogP contribution in [0.2, 0.25) is 0 Å². The minimum absolute atomic E-state index is 0.238. The van der Waals surface area contributed by atoms with Crippen LogP contribution in [0.1, 0.15) is 5.56 Å². The summed E-state index contributed by atoms with van der Waals surface area (Å²) >= 11 is 28.5. The first-order valence-electron chi connectivity index (χ1n) is 3.76. The molecule has 2 nitrogen and oxygen atoms in total. The Kier molecular flexibility index (Phi) is 2.85. The van der Waals surface area contributed by atoms with Crippen LogP contribution in [0.5, 0.6) is 11.5 Å². The second-order valence-electron chi connectivity index (χ2n) is 2.80. The lowest BCUT2D eigenvalue weighted by Gasteiger charge is -2.14. The molecule has 1 aromatic rings. The highest BCUT2D eigenvalue weighted by molar-refractivity contribution is 6.67. The van der Waals surface area contributed by atoms with Gasteiger partial charge in [0.1, 0.15) is 0 Å². The zero-order valence-corrected chi connectivity index (χ0v) is 10.7. The summed E-state index contributed by atoms with van der Waals surface area (Å²) in [7, 11) is 0. The van der Waals surface area contributed by atoms with Crippen LogP contribution in [0.4, 0.5) is 0 Å². The number of benzene rings is 1. The summed E-state index contributed by atoms with van der Waals surface area (Å²) in [4.78, 5) is 0. The van der Waals surface area contributed by atoms with Gasteiger partial charge in [-0.3, -0.25) is 0 Å². The van der Waals surface area contributed by atoms with E-state index in [9.17, 15) is 0 Å². The summed E-state index contributed by atoms with van der Waals surface area (Å²) in [5, 5.41) is 0. The summed E-state index contributed by atoms with van der Waals surface area (Å²) in [5.41, 5.74) is 0.327. The molecule has 0 spiro atoms. The van der Waals surface area contributed by atoms with Crippen LogP contribution in [0.3, 0.4) is 0 Å². The number of hydrogen-bond donors (Lipinski definition) is 0. The lowest BCUT2D eigenvalue weighted by Crippen LogP contribution is -2.23. The van der Waals surface area contributed by atoms with E-state index in [1.54, 1.807) is 18.2 Å². The summed E-state index contributed by atoms with van der Waals surface area (Å²) < 4.78 is 6.78. The fourth-order valence-electron chi connectivity index (χ4n) is 1.19. The highest BCUT2D eigenvalue weighted by Crippen LogP contribution is 2.52. The molecule has 0 saturated carbocycles. The third kappa shape index (κ3) is 2.34. The van der Waals surface area contributed by atoms with E-state index < -0.39 is 8.50 Å². The van der Waals surface area contributed by atoms with E-state index in [4.69, 9.17) is 67.5 Å². The molecule has 1 aromatic carbocycles. The zero-order valence-electron chi connectivity index (χ0n) is 6.94. The van der Waals surface area contributed by atoms with Crippen LogP contribution in [0, 0.1) is 0 Å². The van der Waals surface area contributed by atoms with Crippen molar-refractivity contribution in [1.29, 1.82) is 0 Å². The molecule has 0 bridgehead atoms. The van der Waals surface area contributed by atoms with Crippen molar-refractivity contribution in [2.24, 2.45) is 0 Å². The predicted octanol–water partition coefficient (Wildman–Crippen LogP) is 4.37. The average Bonchev–Trinajstić information content (AvgIpc) is 2.35. The number of para-hydroxylation sites is 1. The van der Waals surface area contributed by atoms with Gasteiger partial charge in [0.05, 0.1) is 0 Å². The second-order valence-corrected chi connectivity index (χ2v) is 6.27. The third-order valence-corrected chi connectivity index (χ3v) is 2.65. The minimum atomic E-state index is -1.77. The maximum atomic E-state index is 5.74. The molecule has 15 heavy (non-hydrogen) atoms. The van der Waals surface area contributed by atoms with Gasteiger partial charge in [0.2, 0.25) is 3.79 Å². The van der Waals surface area contributed by atoms with Crippen LogP contribution < -0.4 is 9.47 Å². The number of rotatable bonds is 0. The second kappa shape index (κ2) is 3.64.